The van der Waals surface area contributed by atoms with Crippen LogP contribution in [-0.2, 0) is 19.6 Å². The van der Waals surface area contributed by atoms with Gasteiger partial charge in [0.1, 0.15) is 10.9 Å². The number of nitrogens with one attached hydrogen (secondary N) is 1. The SMILES string of the molecule is COCC(NS(=O)(=O)c1ccc(C)c(F)c1F)C(=O)O. The lowest BCUT2D eigenvalue weighted by molar-refractivity contribution is -0.140. The molecule has 9 heteroatoms. The van der Waals surface area contributed by atoms with Gasteiger partial charge in [-0.25, -0.2) is 17.2 Å². The molecular weight excluding hydrogens is 296 g/mol. The zero-order valence-corrected chi connectivity index (χ0v) is 11.5. The highest BCUT2D eigenvalue weighted by molar-refractivity contribution is 7.89. The van der Waals surface area contributed by atoms with Crippen LogP contribution in [0.2, 0.25) is 0 Å². The molecule has 0 fully saturated rings. The van der Waals surface area contributed by atoms with E-state index in [2.05, 4.69) is 4.74 Å². The second-order valence-electron chi connectivity index (χ2n) is 3.98. The molecule has 1 unspecified atom stereocenters. The topological polar surface area (TPSA) is 92.7 Å². The first kappa shape index (κ1) is 16.5. The number of rotatable bonds is 6. The van der Waals surface area contributed by atoms with Crippen LogP contribution in [0.5, 0.6) is 0 Å². The number of carbonyl (C=O) groups is 1. The van der Waals surface area contributed by atoms with Gasteiger partial charge in [0.05, 0.1) is 6.61 Å². The van der Waals surface area contributed by atoms with Gasteiger partial charge < -0.3 is 9.84 Å². The van der Waals surface area contributed by atoms with Crippen molar-refractivity contribution >= 4 is 16.0 Å². The Morgan fingerprint density at radius 2 is 2.00 bits per heavy atom. The monoisotopic (exact) mass is 309 g/mol. The normalized spacial score (nSPS) is 13.2. The molecule has 1 aromatic rings. The number of halogens is 2. The summed E-state index contributed by atoms with van der Waals surface area (Å²) in [7, 11) is -3.35. The minimum atomic E-state index is -4.52. The molecular formula is C11H13F2NO5S. The second kappa shape index (κ2) is 6.25. The number of aliphatic carboxylic acids is 1. The van der Waals surface area contributed by atoms with E-state index < -0.39 is 45.2 Å². The molecule has 20 heavy (non-hydrogen) atoms. The maximum Gasteiger partial charge on any atom is 0.324 e. The Morgan fingerprint density at radius 3 is 2.50 bits per heavy atom. The fourth-order valence-electron chi connectivity index (χ4n) is 1.41. The standard InChI is InChI=1S/C11H13F2NO5S/c1-6-3-4-8(10(13)9(6)12)20(17,18)14-7(5-19-2)11(15)16/h3-4,7,14H,5H2,1-2H3,(H,15,16). The van der Waals surface area contributed by atoms with E-state index in [1.54, 1.807) is 4.72 Å². The summed E-state index contributed by atoms with van der Waals surface area (Å²) in [4.78, 5) is 9.87. The van der Waals surface area contributed by atoms with Crippen molar-refractivity contribution in [2.24, 2.45) is 0 Å². The lowest BCUT2D eigenvalue weighted by Gasteiger charge is -2.14. The summed E-state index contributed by atoms with van der Waals surface area (Å²) < 4.78 is 57.0. The summed E-state index contributed by atoms with van der Waals surface area (Å²) in [6.45, 7) is 0.817. The van der Waals surface area contributed by atoms with Gasteiger partial charge in [-0.2, -0.15) is 4.72 Å². The molecule has 0 spiro atoms. The van der Waals surface area contributed by atoms with Crippen LogP contribution in [0.15, 0.2) is 17.0 Å². The summed E-state index contributed by atoms with van der Waals surface area (Å²) >= 11 is 0. The Balaban J connectivity index is 3.17. The van der Waals surface area contributed by atoms with Gasteiger partial charge >= 0.3 is 5.97 Å². The Kier molecular flexibility index (Phi) is 5.15. The van der Waals surface area contributed by atoms with E-state index in [1.807, 2.05) is 0 Å². The number of carboxylic acids is 1. The summed E-state index contributed by atoms with van der Waals surface area (Å²) in [6.07, 6.45) is 0. The van der Waals surface area contributed by atoms with Gasteiger partial charge in [0.15, 0.2) is 11.6 Å². The minimum absolute atomic E-state index is 0.0619. The molecule has 0 radical (unpaired) electrons. The molecule has 0 aliphatic heterocycles. The smallest absolute Gasteiger partial charge is 0.324 e. The fraction of sp³-hybridized carbons (Fsp3) is 0.364. The number of methoxy groups -OCH3 is 1. The maximum absolute atomic E-state index is 13.6. The van der Waals surface area contributed by atoms with E-state index in [-0.39, 0.29) is 5.56 Å². The van der Waals surface area contributed by atoms with Gasteiger partial charge in [0, 0.05) is 7.11 Å². The fourth-order valence-corrected chi connectivity index (χ4v) is 2.65. The molecule has 0 saturated heterocycles. The highest BCUT2D eigenvalue weighted by Crippen LogP contribution is 2.20. The lowest BCUT2D eigenvalue weighted by Crippen LogP contribution is -2.44. The van der Waals surface area contributed by atoms with E-state index in [1.165, 1.54) is 14.0 Å². The van der Waals surface area contributed by atoms with Crippen LogP contribution in [0.1, 0.15) is 5.56 Å². The van der Waals surface area contributed by atoms with E-state index in [9.17, 15) is 22.0 Å². The molecule has 0 heterocycles. The quantitative estimate of drug-likeness (QED) is 0.805. The predicted octanol–water partition coefficient (Wildman–Crippen LogP) is 0.651. The van der Waals surface area contributed by atoms with Gasteiger partial charge in [-0.15, -0.1) is 0 Å². The number of ether oxygens (including phenoxy) is 1. The molecule has 0 aliphatic carbocycles. The summed E-state index contributed by atoms with van der Waals surface area (Å²) in [6, 6.07) is 0.342. The van der Waals surface area contributed by atoms with Crippen molar-refractivity contribution in [1.29, 1.82) is 0 Å². The van der Waals surface area contributed by atoms with Crippen LogP contribution in [0, 0.1) is 18.6 Å². The Morgan fingerprint density at radius 1 is 1.40 bits per heavy atom. The van der Waals surface area contributed by atoms with Gasteiger partial charge in [0.2, 0.25) is 10.0 Å². The molecule has 0 aliphatic rings. The average Bonchev–Trinajstić information content (AvgIpc) is 2.34. The van der Waals surface area contributed by atoms with E-state index in [0.29, 0.717) is 0 Å². The van der Waals surface area contributed by atoms with Crippen LogP contribution < -0.4 is 4.72 Å². The number of hydrogen-bond donors (Lipinski definition) is 2. The highest BCUT2D eigenvalue weighted by Gasteiger charge is 2.29. The van der Waals surface area contributed by atoms with Gasteiger partial charge in [-0.05, 0) is 18.6 Å². The zero-order valence-electron chi connectivity index (χ0n) is 10.7. The first-order valence-corrected chi connectivity index (χ1v) is 6.87. The molecule has 112 valence electrons. The van der Waals surface area contributed by atoms with Gasteiger partial charge in [-0.1, -0.05) is 6.07 Å². The van der Waals surface area contributed by atoms with Gasteiger partial charge in [0.25, 0.3) is 0 Å². The number of benzene rings is 1. The first-order chi connectivity index (χ1) is 9.20. The third-order valence-corrected chi connectivity index (χ3v) is 3.95. The number of carboxylic acid groups (broad SMARTS) is 1. The molecule has 1 atom stereocenters. The molecule has 1 rings (SSSR count). The van der Waals surface area contributed by atoms with Crippen molar-refractivity contribution < 1.29 is 31.8 Å². The summed E-state index contributed by atoms with van der Waals surface area (Å²) in [5, 5.41) is 8.81. The van der Waals surface area contributed by atoms with Crippen molar-refractivity contribution in [3.05, 3.63) is 29.3 Å². The number of hydrogen-bond acceptors (Lipinski definition) is 4. The summed E-state index contributed by atoms with van der Waals surface area (Å²) in [5.41, 5.74) is -0.0619. The van der Waals surface area contributed by atoms with E-state index in [0.717, 1.165) is 12.1 Å². The highest BCUT2D eigenvalue weighted by atomic mass is 32.2. The molecule has 0 bridgehead atoms. The van der Waals surface area contributed by atoms with Crippen LogP contribution in [-0.4, -0.2) is 39.3 Å². The summed E-state index contributed by atoms with van der Waals surface area (Å²) in [5.74, 6) is -4.35. The van der Waals surface area contributed by atoms with Crippen LogP contribution >= 0.6 is 0 Å². The van der Waals surface area contributed by atoms with Gasteiger partial charge in [-0.3, -0.25) is 4.79 Å². The van der Waals surface area contributed by atoms with Crippen LogP contribution in [0.3, 0.4) is 0 Å². The van der Waals surface area contributed by atoms with Crippen molar-refractivity contribution in [2.75, 3.05) is 13.7 Å². The zero-order chi connectivity index (χ0) is 15.5. The van der Waals surface area contributed by atoms with Crippen LogP contribution in [0.4, 0.5) is 8.78 Å². The maximum atomic E-state index is 13.6. The number of sulfonamides is 1. The van der Waals surface area contributed by atoms with Crippen molar-refractivity contribution in [1.82, 2.24) is 4.72 Å². The molecule has 2 N–H and O–H groups in total. The van der Waals surface area contributed by atoms with Crippen LogP contribution in [0.25, 0.3) is 0 Å². The van der Waals surface area contributed by atoms with Crippen molar-refractivity contribution in [2.45, 2.75) is 17.9 Å². The third-order valence-electron chi connectivity index (χ3n) is 2.46. The van der Waals surface area contributed by atoms with E-state index in [4.69, 9.17) is 5.11 Å². The molecule has 0 saturated carbocycles. The molecule has 6 nitrogen and oxygen atoms in total. The third kappa shape index (κ3) is 3.50. The largest absolute Gasteiger partial charge is 0.480 e. The Hall–Kier alpha value is -1.58. The minimum Gasteiger partial charge on any atom is -0.480 e. The molecule has 1 aromatic carbocycles. The predicted molar refractivity (Wildman–Crippen MR) is 64.7 cm³/mol. The second-order valence-corrected chi connectivity index (χ2v) is 5.66. The van der Waals surface area contributed by atoms with Crippen molar-refractivity contribution in [3.63, 3.8) is 0 Å². The average molecular weight is 309 g/mol. The number of aryl methyl sites for hydroxylation is 1. The Bertz CT molecular complexity index is 617. The lowest BCUT2D eigenvalue weighted by atomic mass is 10.2. The first-order valence-electron chi connectivity index (χ1n) is 5.39. The molecule has 0 amide bonds. The Labute approximate surface area is 114 Å². The molecule has 0 aromatic heterocycles. The van der Waals surface area contributed by atoms with E-state index >= 15 is 0 Å². The van der Waals surface area contributed by atoms with Crippen molar-refractivity contribution in [3.8, 4) is 0 Å².